The molecule has 0 fully saturated rings. The Labute approximate surface area is 146 Å². The monoisotopic (exact) mass is 358 g/mol. The Kier molecular flexibility index (Phi) is 6.30. The van der Waals surface area contributed by atoms with E-state index in [1.807, 2.05) is 6.92 Å². The molecule has 0 saturated carbocycles. The van der Waals surface area contributed by atoms with Crippen molar-refractivity contribution in [1.29, 1.82) is 0 Å². The average Bonchev–Trinajstić information content (AvgIpc) is 2.53. The molecule has 1 aromatic carbocycles. The van der Waals surface area contributed by atoms with Crippen molar-refractivity contribution in [2.45, 2.75) is 64.7 Å². The zero-order valence-electron chi connectivity index (χ0n) is 14.9. The maximum atomic E-state index is 13.8. The minimum Gasteiger partial charge on any atom is -0.393 e. The Balaban J connectivity index is 2.04. The largest absolute Gasteiger partial charge is 0.419 e. The Morgan fingerprint density at radius 1 is 1.20 bits per heavy atom. The molecule has 0 heterocycles. The highest BCUT2D eigenvalue weighted by Crippen LogP contribution is 2.36. The lowest BCUT2D eigenvalue weighted by Gasteiger charge is -2.27. The molecule has 4 atom stereocenters. The van der Waals surface area contributed by atoms with Gasteiger partial charge in [-0.3, -0.25) is 0 Å². The third-order valence-corrected chi connectivity index (χ3v) is 5.45. The van der Waals surface area contributed by atoms with E-state index in [0.717, 1.165) is 31.4 Å². The van der Waals surface area contributed by atoms with E-state index in [9.17, 15) is 22.7 Å². The highest BCUT2D eigenvalue weighted by molar-refractivity contribution is 5.29. The summed E-state index contributed by atoms with van der Waals surface area (Å²) >= 11 is 0. The van der Waals surface area contributed by atoms with Crippen LogP contribution in [-0.2, 0) is 6.18 Å². The minimum absolute atomic E-state index is 0.0333. The average molecular weight is 358 g/mol. The molecule has 0 radical (unpaired) electrons. The summed E-state index contributed by atoms with van der Waals surface area (Å²) in [6, 6.07) is 3.24. The van der Waals surface area contributed by atoms with Gasteiger partial charge in [-0.1, -0.05) is 38.5 Å². The molecular formula is C20H26F4O. The van der Waals surface area contributed by atoms with Gasteiger partial charge in [-0.15, -0.1) is 0 Å². The third-order valence-electron chi connectivity index (χ3n) is 5.45. The van der Waals surface area contributed by atoms with Crippen LogP contribution >= 0.6 is 0 Å². The molecule has 0 spiro atoms. The molecule has 5 heteroatoms. The van der Waals surface area contributed by atoms with Crippen LogP contribution in [0.1, 0.15) is 63.5 Å². The van der Waals surface area contributed by atoms with E-state index in [-0.39, 0.29) is 17.9 Å². The standard InChI is InChI=1S/C20H26F4O/c1-12(10-13(2)15-4-7-17(25)8-5-15)14(3)16-6-9-18(19(21)11-16)20(22,23)24/h4,6,9,11-14,17,25H,5,7-8,10H2,1-3H3. The van der Waals surface area contributed by atoms with Crippen LogP contribution in [0, 0.1) is 17.7 Å². The van der Waals surface area contributed by atoms with Crippen LogP contribution in [0.5, 0.6) is 0 Å². The number of benzene rings is 1. The van der Waals surface area contributed by atoms with Crippen LogP contribution in [0.4, 0.5) is 17.6 Å². The van der Waals surface area contributed by atoms with Crippen LogP contribution in [-0.4, -0.2) is 11.2 Å². The highest BCUT2D eigenvalue weighted by atomic mass is 19.4. The van der Waals surface area contributed by atoms with Crippen LogP contribution in [0.2, 0.25) is 0 Å². The minimum atomic E-state index is -4.66. The van der Waals surface area contributed by atoms with Gasteiger partial charge in [-0.2, -0.15) is 13.2 Å². The van der Waals surface area contributed by atoms with Crippen LogP contribution in [0.25, 0.3) is 0 Å². The van der Waals surface area contributed by atoms with Gasteiger partial charge in [0, 0.05) is 0 Å². The molecule has 2 rings (SSSR count). The number of alkyl halides is 3. The molecule has 25 heavy (non-hydrogen) atoms. The third kappa shape index (κ3) is 5.06. The zero-order valence-corrected chi connectivity index (χ0v) is 14.9. The highest BCUT2D eigenvalue weighted by Gasteiger charge is 2.34. The molecule has 0 bridgehead atoms. The first kappa shape index (κ1) is 20.0. The van der Waals surface area contributed by atoms with Crippen molar-refractivity contribution in [2.75, 3.05) is 0 Å². The van der Waals surface area contributed by atoms with Gasteiger partial charge >= 0.3 is 6.18 Å². The molecule has 4 unspecified atom stereocenters. The number of rotatable bonds is 5. The topological polar surface area (TPSA) is 20.2 Å². The molecule has 1 aliphatic rings. The lowest BCUT2D eigenvalue weighted by molar-refractivity contribution is -0.140. The predicted molar refractivity (Wildman–Crippen MR) is 90.7 cm³/mol. The fourth-order valence-electron chi connectivity index (χ4n) is 3.57. The van der Waals surface area contributed by atoms with Crippen molar-refractivity contribution < 1.29 is 22.7 Å². The summed E-state index contributed by atoms with van der Waals surface area (Å²) in [6.45, 7) is 6.12. The normalized spacial score (nSPS) is 22.2. The summed E-state index contributed by atoms with van der Waals surface area (Å²) < 4.78 is 51.9. The van der Waals surface area contributed by atoms with E-state index >= 15 is 0 Å². The van der Waals surface area contributed by atoms with E-state index < -0.39 is 17.6 Å². The van der Waals surface area contributed by atoms with Gasteiger partial charge in [0.25, 0.3) is 0 Å². The first-order chi connectivity index (χ1) is 11.6. The fourth-order valence-corrected chi connectivity index (χ4v) is 3.57. The Morgan fingerprint density at radius 3 is 2.40 bits per heavy atom. The Morgan fingerprint density at radius 2 is 1.88 bits per heavy atom. The van der Waals surface area contributed by atoms with Gasteiger partial charge in [0.1, 0.15) is 5.82 Å². The van der Waals surface area contributed by atoms with Gasteiger partial charge < -0.3 is 5.11 Å². The number of hydrogen-bond acceptors (Lipinski definition) is 1. The summed E-state index contributed by atoms with van der Waals surface area (Å²) in [6.07, 6.45) is 0.433. The number of allylic oxidation sites excluding steroid dienone is 1. The SMILES string of the molecule is CC(CC(C)C(C)c1ccc(C(F)(F)F)c(F)c1)C1=CCC(O)CC1. The first-order valence-electron chi connectivity index (χ1n) is 8.83. The van der Waals surface area contributed by atoms with Crippen molar-refractivity contribution in [3.8, 4) is 0 Å². The van der Waals surface area contributed by atoms with Gasteiger partial charge in [0.05, 0.1) is 11.7 Å². The van der Waals surface area contributed by atoms with E-state index in [0.29, 0.717) is 17.9 Å². The number of aliphatic hydroxyl groups is 1. The molecule has 1 N–H and O–H groups in total. The fraction of sp³-hybridized carbons (Fsp3) is 0.600. The van der Waals surface area contributed by atoms with Gasteiger partial charge in [-0.05, 0) is 61.1 Å². The lowest BCUT2D eigenvalue weighted by atomic mass is 9.79. The molecule has 140 valence electrons. The molecule has 0 aliphatic heterocycles. The number of halogens is 4. The van der Waals surface area contributed by atoms with Crippen molar-refractivity contribution in [1.82, 2.24) is 0 Å². The van der Waals surface area contributed by atoms with Gasteiger partial charge in [0.15, 0.2) is 0 Å². The second-order valence-corrected chi connectivity index (χ2v) is 7.35. The maximum Gasteiger partial charge on any atom is 0.419 e. The molecular weight excluding hydrogens is 332 g/mol. The molecule has 0 amide bonds. The van der Waals surface area contributed by atoms with Gasteiger partial charge in [0.2, 0.25) is 0 Å². The van der Waals surface area contributed by atoms with E-state index in [1.54, 1.807) is 0 Å². The maximum absolute atomic E-state index is 13.8. The molecule has 0 aromatic heterocycles. The van der Waals surface area contributed by atoms with E-state index in [4.69, 9.17) is 0 Å². The van der Waals surface area contributed by atoms with Gasteiger partial charge in [-0.25, -0.2) is 4.39 Å². The van der Waals surface area contributed by atoms with E-state index in [1.165, 1.54) is 11.6 Å². The summed E-state index contributed by atoms with van der Waals surface area (Å²) in [5.74, 6) is -0.682. The van der Waals surface area contributed by atoms with E-state index in [2.05, 4.69) is 19.9 Å². The first-order valence-corrected chi connectivity index (χ1v) is 8.83. The van der Waals surface area contributed by atoms with Crippen LogP contribution < -0.4 is 0 Å². The summed E-state index contributed by atoms with van der Waals surface area (Å²) in [7, 11) is 0. The second-order valence-electron chi connectivity index (χ2n) is 7.35. The van der Waals surface area contributed by atoms with Crippen molar-refractivity contribution in [2.24, 2.45) is 11.8 Å². The molecule has 1 aliphatic carbocycles. The van der Waals surface area contributed by atoms with Crippen molar-refractivity contribution >= 4 is 0 Å². The van der Waals surface area contributed by atoms with Crippen molar-refractivity contribution in [3.63, 3.8) is 0 Å². The number of aliphatic hydroxyl groups excluding tert-OH is 1. The Hall–Kier alpha value is -1.36. The lowest BCUT2D eigenvalue weighted by Crippen LogP contribution is -2.17. The van der Waals surface area contributed by atoms with Crippen LogP contribution in [0.15, 0.2) is 29.8 Å². The summed E-state index contributed by atoms with van der Waals surface area (Å²) in [4.78, 5) is 0. The summed E-state index contributed by atoms with van der Waals surface area (Å²) in [5.41, 5.74) is 0.719. The smallest absolute Gasteiger partial charge is 0.393 e. The molecule has 1 nitrogen and oxygen atoms in total. The quantitative estimate of drug-likeness (QED) is 0.499. The summed E-state index contributed by atoms with van der Waals surface area (Å²) in [5, 5.41) is 9.57. The predicted octanol–water partition coefficient (Wildman–Crippen LogP) is 6.08. The zero-order chi connectivity index (χ0) is 18.8. The molecule has 1 aromatic rings. The molecule has 0 saturated heterocycles. The Bertz CT molecular complexity index is 621. The number of hydrogen-bond donors (Lipinski definition) is 1. The second kappa shape index (κ2) is 7.90. The van der Waals surface area contributed by atoms with Crippen molar-refractivity contribution in [3.05, 3.63) is 46.8 Å². The van der Waals surface area contributed by atoms with Crippen LogP contribution in [0.3, 0.4) is 0 Å².